The van der Waals surface area contributed by atoms with Crippen molar-refractivity contribution in [1.82, 2.24) is 10.6 Å². The van der Waals surface area contributed by atoms with Crippen LogP contribution in [0.5, 0.6) is 0 Å². The van der Waals surface area contributed by atoms with Gasteiger partial charge in [-0.05, 0) is 30.7 Å². The van der Waals surface area contributed by atoms with E-state index >= 15 is 0 Å². The first kappa shape index (κ1) is 13.2. The van der Waals surface area contributed by atoms with Gasteiger partial charge in [-0.1, -0.05) is 15.9 Å². The molecule has 1 amide bonds. The molecule has 2 rings (SSSR count). The number of carbonyl (C=O) groups is 1. The van der Waals surface area contributed by atoms with Crippen LogP contribution in [-0.2, 0) is 11.3 Å². The summed E-state index contributed by atoms with van der Waals surface area (Å²) in [6, 6.07) is 4.68. The van der Waals surface area contributed by atoms with Gasteiger partial charge in [-0.15, -0.1) is 0 Å². The minimum Gasteiger partial charge on any atom is -0.348 e. The maximum atomic E-state index is 13.5. The van der Waals surface area contributed by atoms with Gasteiger partial charge < -0.3 is 10.6 Å². The van der Waals surface area contributed by atoms with E-state index in [9.17, 15) is 9.18 Å². The molecule has 0 aliphatic carbocycles. The Bertz CT molecular complexity index is 508. The predicted octanol–water partition coefficient (Wildman–Crippen LogP) is 2.12. The third-order valence-electron chi connectivity index (χ3n) is 2.99. The molecule has 1 aliphatic heterocycles. The van der Waals surface area contributed by atoms with E-state index in [1.165, 1.54) is 6.07 Å². The van der Waals surface area contributed by atoms with Crippen molar-refractivity contribution >= 4 is 21.8 Å². The third kappa shape index (κ3) is 2.97. The van der Waals surface area contributed by atoms with Crippen LogP contribution < -0.4 is 10.6 Å². The Balaban J connectivity index is 1.99. The summed E-state index contributed by atoms with van der Waals surface area (Å²) in [6.07, 6.45) is 0. The summed E-state index contributed by atoms with van der Waals surface area (Å²) in [6.45, 7) is 3.53. The lowest BCUT2D eigenvalue weighted by Crippen LogP contribution is -2.37. The van der Waals surface area contributed by atoms with Crippen molar-refractivity contribution < 1.29 is 9.18 Å². The molecule has 1 fully saturated rings. The van der Waals surface area contributed by atoms with Crippen molar-refractivity contribution in [3.8, 4) is 0 Å². The molecule has 1 heterocycles. The molecule has 0 radical (unpaired) electrons. The van der Waals surface area contributed by atoms with Crippen molar-refractivity contribution in [2.45, 2.75) is 13.5 Å². The monoisotopic (exact) mass is 312 g/mol. The molecule has 3 nitrogen and oxygen atoms in total. The molecule has 2 N–H and O–H groups in total. The average Bonchev–Trinajstić information content (AvgIpc) is 2.27. The van der Waals surface area contributed by atoms with Gasteiger partial charge >= 0.3 is 0 Å². The second kappa shape index (κ2) is 5.63. The van der Waals surface area contributed by atoms with Crippen molar-refractivity contribution in [2.75, 3.05) is 13.1 Å². The highest BCUT2D eigenvalue weighted by Crippen LogP contribution is 2.15. The maximum Gasteiger partial charge on any atom is 0.247 e. The van der Waals surface area contributed by atoms with E-state index in [2.05, 4.69) is 26.6 Å². The Morgan fingerprint density at radius 1 is 1.50 bits per heavy atom. The molecule has 0 bridgehead atoms. The van der Waals surface area contributed by atoms with Gasteiger partial charge in [0.05, 0.1) is 0 Å². The van der Waals surface area contributed by atoms with Crippen molar-refractivity contribution in [2.24, 2.45) is 0 Å². The molecule has 1 aromatic carbocycles. The highest BCUT2D eigenvalue weighted by Gasteiger charge is 2.16. The SMILES string of the molecule is CC(C(=O)NCc1cc(Br)ccc1F)=C1CNC1. The molecule has 0 atom stereocenters. The standard InChI is InChI=1S/C13H14BrFN2O/c1-8(10-5-16-6-10)13(18)17-7-9-4-11(14)2-3-12(9)15/h2-4,16H,5-7H2,1H3,(H,17,18). The zero-order valence-electron chi connectivity index (χ0n) is 10.0. The van der Waals surface area contributed by atoms with E-state index in [1.807, 2.05) is 0 Å². The first-order valence-electron chi connectivity index (χ1n) is 5.69. The van der Waals surface area contributed by atoms with Gasteiger partial charge in [0.25, 0.3) is 0 Å². The summed E-state index contributed by atoms with van der Waals surface area (Å²) >= 11 is 3.28. The smallest absolute Gasteiger partial charge is 0.247 e. The highest BCUT2D eigenvalue weighted by molar-refractivity contribution is 9.10. The zero-order chi connectivity index (χ0) is 13.1. The van der Waals surface area contributed by atoms with Crippen LogP contribution in [0, 0.1) is 5.82 Å². The number of rotatable bonds is 3. The number of carbonyl (C=O) groups excluding carboxylic acids is 1. The summed E-state index contributed by atoms with van der Waals surface area (Å²) in [4.78, 5) is 11.8. The summed E-state index contributed by atoms with van der Waals surface area (Å²) < 4.78 is 14.3. The molecule has 1 aliphatic rings. The van der Waals surface area contributed by atoms with Crippen LogP contribution >= 0.6 is 15.9 Å². The molecule has 1 saturated heterocycles. The van der Waals surface area contributed by atoms with Crippen LogP contribution in [0.2, 0.25) is 0 Å². The first-order valence-corrected chi connectivity index (χ1v) is 6.48. The Labute approximate surface area is 114 Å². The molecule has 0 unspecified atom stereocenters. The molecular weight excluding hydrogens is 299 g/mol. The second-order valence-electron chi connectivity index (χ2n) is 4.25. The van der Waals surface area contributed by atoms with Crippen LogP contribution in [0.15, 0.2) is 33.8 Å². The molecular formula is C13H14BrFN2O. The van der Waals surface area contributed by atoms with Gasteiger partial charge in [-0.25, -0.2) is 4.39 Å². The van der Waals surface area contributed by atoms with Crippen molar-refractivity contribution in [3.63, 3.8) is 0 Å². The van der Waals surface area contributed by atoms with Crippen LogP contribution in [0.3, 0.4) is 0 Å². The summed E-state index contributed by atoms with van der Waals surface area (Å²) in [7, 11) is 0. The molecule has 5 heteroatoms. The minimum absolute atomic E-state index is 0.133. The Morgan fingerprint density at radius 3 is 2.83 bits per heavy atom. The van der Waals surface area contributed by atoms with Gasteiger partial charge in [0.2, 0.25) is 5.91 Å². The zero-order valence-corrected chi connectivity index (χ0v) is 11.6. The Morgan fingerprint density at radius 2 is 2.22 bits per heavy atom. The molecule has 96 valence electrons. The van der Waals surface area contributed by atoms with Crippen LogP contribution in [0.1, 0.15) is 12.5 Å². The Hall–Kier alpha value is -1.20. The van der Waals surface area contributed by atoms with Gasteiger partial charge in [-0.2, -0.15) is 0 Å². The first-order chi connectivity index (χ1) is 8.58. The lowest BCUT2D eigenvalue weighted by atomic mass is 10.0. The van der Waals surface area contributed by atoms with E-state index in [0.29, 0.717) is 5.56 Å². The summed E-state index contributed by atoms with van der Waals surface area (Å²) in [5.41, 5.74) is 2.31. The number of halogens is 2. The Kier molecular flexibility index (Phi) is 4.14. The highest BCUT2D eigenvalue weighted by atomic mass is 79.9. The molecule has 1 aromatic rings. The van der Waals surface area contributed by atoms with Crippen LogP contribution in [0.4, 0.5) is 4.39 Å². The van der Waals surface area contributed by atoms with Crippen molar-refractivity contribution in [1.29, 1.82) is 0 Å². The second-order valence-corrected chi connectivity index (χ2v) is 5.17. The fourth-order valence-electron chi connectivity index (χ4n) is 1.66. The fourth-order valence-corrected chi connectivity index (χ4v) is 2.07. The van der Waals surface area contributed by atoms with Crippen molar-refractivity contribution in [3.05, 3.63) is 45.2 Å². The quantitative estimate of drug-likeness (QED) is 0.840. The lowest BCUT2D eigenvalue weighted by Gasteiger charge is -2.21. The molecule has 0 spiro atoms. The number of hydrogen-bond acceptors (Lipinski definition) is 2. The van der Waals surface area contributed by atoms with E-state index in [1.54, 1.807) is 19.1 Å². The van der Waals surface area contributed by atoms with Gasteiger partial charge in [0.15, 0.2) is 0 Å². The van der Waals surface area contributed by atoms with Crippen LogP contribution in [-0.4, -0.2) is 19.0 Å². The van der Waals surface area contributed by atoms with Gasteiger partial charge in [0, 0.05) is 35.2 Å². The number of amides is 1. The molecule has 0 saturated carbocycles. The van der Waals surface area contributed by atoms with E-state index < -0.39 is 0 Å². The third-order valence-corrected chi connectivity index (χ3v) is 3.49. The normalized spacial score (nSPS) is 14.1. The molecule has 0 aromatic heterocycles. The summed E-state index contributed by atoms with van der Waals surface area (Å²) in [5, 5.41) is 5.81. The van der Waals surface area contributed by atoms with E-state index in [4.69, 9.17) is 0 Å². The topological polar surface area (TPSA) is 41.1 Å². The van der Waals surface area contributed by atoms with Crippen LogP contribution in [0.25, 0.3) is 0 Å². The predicted molar refractivity (Wildman–Crippen MR) is 71.5 cm³/mol. The average molecular weight is 313 g/mol. The van der Waals surface area contributed by atoms with Gasteiger partial charge in [-0.3, -0.25) is 4.79 Å². The van der Waals surface area contributed by atoms with E-state index in [-0.39, 0.29) is 18.3 Å². The largest absolute Gasteiger partial charge is 0.348 e. The number of nitrogens with one attached hydrogen (secondary N) is 2. The summed E-state index contributed by atoms with van der Waals surface area (Å²) in [5.74, 6) is -0.444. The molecule has 18 heavy (non-hydrogen) atoms. The maximum absolute atomic E-state index is 13.5. The fraction of sp³-hybridized carbons (Fsp3) is 0.308. The minimum atomic E-state index is -0.311. The number of benzene rings is 1. The van der Waals surface area contributed by atoms with E-state index in [0.717, 1.165) is 28.7 Å². The lowest BCUT2D eigenvalue weighted by molar-refractivity contribution is -0.117. The number of hydrogen-bond donors (Lipinski definition) is 2. The van der Waals surface area contributed by atoms with Gasteiger partial charge in [0.1, 0.15) is 5.82 Å².